The van der Waals surface area contributed by atoms with Crippen LogP contribution in [0.25, 0.3) is 0 Å². The average Bonchev–Trinajstić information content (AvgIpc) is 3.07. The predicted octanol–water partition coefficient (Wildman–Crippen LogP) is 2.90. The third-order valence-corrected chi connectivity index (χ3v) is 6.11. The highest BCUT2D eigenvalue weighted by Gasteiger charge is 2.40. The van der Waals surface area contributed by atoms with Crippen molar-refractivity contribution < 1.29 is 17.9 Å². The Morgan fingerprint density at radius 1 is 1.28 bits per heavy atom. The molecular weight excluding hydrogens is 342 g/mol. The van der Waals surface area contributed by atoms with E-state index in [9.17, 15) is 13.2 Å². The van der Waals surface area contributed by atoms with Crippen molar-refractivity contribution in [1.29, 1.82) is 0 Å². The third kappa shape index (κ3) is 4.23. The smallest absolute Gasteiger partial charge is 0.421 e. The number of carbonyl (C=O) groups is 1. The second-order valence-electron chi connectivity index (χ2n) is 7.90. The molecule has 0 aliphatic heterocycles. The number of nitrogens with zero attached hydrogens (tertiary/aromatic N) is 1. The molecule has 3 atom stereocenters. The maximum atomic E-state index is 12.6. The van der Waals surface area contributed by atoms with Gasteiger partial charge in [-0.2, -0.15) is 0 Å². The van der Waals surface area contributed by atoms with Gasteiger partial charge in [0.1, 0.15) is 10.5 Å². The van der Waals surface area contributed by atoms with Gasteiger partial charge in [0, 0.05) is 18.4 Å². The Bertz CT molecular complexity index is 757. The maximum Gasteiger partial charge on any atom is 0.421 e. The molecule has 2 aliphatic rings. The van der Waals surface area contributed by atoms with E-state index in [-0.39, 0.29) is 10.9 Å². The van der Waals surface area contributed by atoms with Gasteiger partial charge in [0.2, 0.25) is 0 Å². The van der Waals surface area contributed by atoms with Crippen LogP contribution < -0.4 is 10.0 Å². The van der Waals surface area contributed by atoms with Gasteiger partial charge in [-0.3, -0.25) is 4.98 Å². The van der Waals surface area contributed by atoms with Crippen LogP contribution in [0.2, 0.25) is 0 Å². The molecule has 7 nitrogen and oxygen atoms in total. The highest BCUT2D eigenvalue weighted by atomic mass is 32.2. The Morgan fingerprint density at radius 3 is 2.64 bits per heavy atom. The van der Waals surface area contributed by atoms with Crippen molar-refractivity contribution in [3.05, 3.63) is 18.5 Å². The lowest BCUT2D eigenvalue weighted by molar-refractivity contribution is 0.0570. The first-order valence-electron chi connectivity index (χ1n) is 8.60. The van der Waals surface area contributed by atoms with Crippen molar-refractivity contribution >= 4 is 21.8 Å². The van der Waals surface area contributed by atoms with Crippen LogP contribution in [0.4, 0.5) is 10.5 Å². The molecule has 3 rings (SSSR count). The van der Waals surface area contributed by atoms with Crippen LogP contribution in [0.3, 0.4) is 0 Å². The molecule has 0 radical (unpaired) electrons. The predicted molar refractivity (Wildman–Crippen MR) is 93.7 cm³/mol. The standard InChI is InChI=1S/C17H25N3O4S/c1-17(2,3)24-16(21)20-25(22,23)15-10-18-7-6-13(15)19-14-9-11-4-5-12(14)8-11/h6-7,10-12,14H,4-5,8-9H2,1-3H3,(H,18,19)(H,20,21)/t11-,12+,14+/m0/s1. The monoisotopic (exact) mass is 367 g/mol. The molecular formula is C17H25N3O4S. The van der Waals surface area contributed by atoms with Crippen LogP contribution in [0.1, 0.15) is 46.5 Å². The van der Waals surface area contributed by atoms with Gasteiger partial charge in [0.15, 0.2) is 0 Å². The normalized spacial score (nSPS) is 25.6. The van der Waals surface area contributed by atoms with E-state index in [1.807, 2.05) is 4.72 Å². The van der Waals surface area contributed by atoms with Crippen molar-refractivity contribution in [2.24, 2.45) is 11.8 Å². The first-order valence-corrected chi connectivity index (χ1v) is 10.1. The van der Waals surface area contributed by atoms with Crippen molar-refractivity contribution in [2.75, 3.05) is 5.32 Å². The van der Waals surface area contributed by atoms with Gasteiger partial charge in [0.25, 0.3) is 10.0 Å². The van der Waals surface area contributed by atoms with E-state index in [2.05, 4.69) is 10.3 Å². The highest BCUT2D eigenvalue weighted by Crippen LogP contribution is 2.45. The molecule has 2 bridgehead atoms. The van der Waals surface area contributed by atoms with Gasteiger partial charge in [0.05, 0.1) is 5.69 Å². The molecule has 8 heteroatoms. The number of ether oxygens (including phenoxy) is 1. The highest BCUT2D eigenvalue weighted by molar-refractivity contribution is 7.90. The summed E-state index contributed by atoms with van der Waals surface area (Å²) in [4.78, 5) is 15.7. The zero-order chi connectivity index (χ0) is 18.2. The fourth-order valence-electron chi connectivity index (χ4n) is 3.80. The summed E-state index contributed by atoms with van der Waals surface area (Å²) in [6.45, 7) is 5.02. The molecule has 1 heterocycles. The number of aromatic nitrogens is 1. The molecule has 0 aromatic carbocycles. The minimum atomic E-state index is -4.07. The van der Waals surface area contributed by atoms with E-state index < -0.39 is 21.7 Å². The lowest BCUT2D eigenvalue weighted by Crippen LogP contribution is -2.37. The molecule has 138 valence electrons. The van der Waals surface area contributed by atoms with Gasteiger partial charge in [-0.1, -0.05) is 6.42 Å². The third-order valence-electron chi connectivity index (χ3n) is 4.77. The lowest BCUT2D eigenvalue weighted by atomic mass is 9.95. The average molecular weight is 367 g/mol. The van der Waals surface area contributed by atoms with Crippen LogP contribution in [0, 0.1) is 11.8 Å². The molecule has 1 aromatic rings. The molecule has 0 unspecified atom stereocenters. The number of rotatable bonds is 4. The summed E-state index contributed by atoms with van der Waals surface area (Å²) in [6, 6.07) is 1.91. The summed E-state index contributed by atoms with van der Waals surface area (Å²) >= 11 is 0. The Morgan fingerprint density at radius 2 is 2.04 bits per heavy atom. The zero-order valence-electron chi connectivity index (χ0n) is 14.8. The number of anilines is 1. The van der Waals surface area contributed by atoms with Crippen molar-refractivity contribution in [3.8, 4) is 0 Å². The molecule has 2 saturated carbocycles. The summed E-state index contributed by atoms with van der Waals surface area (Å²) < 4.78 is 32.2. The molecule has 2 aliphatic carbocycles. The minimum absolute atomic E-state index is 0.0383. The van der Waals surface area contributed by atoms with E-state index in [0.717, 1.165) is 12.3 Å². The maximum absolute atomic E-state index is 12.6. The number of amides is 1. The summed E-state index contributed by atoms with van der Waals surface area (Å²) in [6.07, 6.45) is 6.52. The topological polar surface area (TPSA) is 97.4 Å². The van der Waals surface area contributed by atoms with E-state index in [4.69, 9.17) is 4.74 Å². The summed E-state index contributed by atoms with van der Waals surface area (Å²) in [7, 11) is -4.07. The van der Waals surface area contributed by atoms with E-state index in [1.165, 1.54) is 25.5 Å². The van der Waals surface area contributed by atoms with Crippen molar-refractivity contribution in [2.45, 2.75) is 63.0 Å². The van der Waals surface area contributed by atoms with Gasteiger partial charge in [-0.25, -0.2) is 17.9 Å². The van der Waals surface area contributed by atoms with Gasteiger partial charge >= 0.3 is 6.09 Å². The summed E-state index contributed by atoms with van der Waals surface area (Å²) in [5, 5.41) is 3.36. The Labute approximate surface area is 148 Å². The number of fused-ring (bicyclic) bond motifs is 2. The van der Waals surface area contributed by atoms with Crippen LogP contribution in [-0.4, -0.2) is 31.1 Å². The van der Waals surface area contributed by atoms with Gasteiger partial charge < -0.3 is 10.1 Å². The van der Waals surface area contributed by atoms with E-state index in [1.54, 1.807) is 33.0 Å². The fourth-order valence-corrected chi connectivity index (χ4v) is 4.79. The fraction of sp³-hybridized carbons (Fsp3) is 0.647. The number of hydrogen-bond donors (Lipinski definition) is 2. The molecule has 1 amide bonds. The van der Waals surface area contributed by atoms with E-state index in [0.29, 0.717) is 11.6 Å². The van der Waals surface area contributed by atoms with Gasteiger partial charge in [-0.05, 0) is 57.9 Å². The minimum Gasteiger partial charge on any atom is -0.443 e. The Hall–Kier alpha value is -1.83. The molecule has 0 spiro atoms. The number of pyridine rings is 1. The summed E-state index contributed by atoms with van der Waals surface area (Å²) in [5.74, 6) is 1.33. The van der Waals surface area contributed by atoms with Crippen LogP contribution in [-0.2, 0) is 14.8 Å². The molecule has 25 heavy (non-hydrogen) atoms. The van der Waals surface area contributed by atoms with Crippen LogP contribution in [0.5, 0.6) is 0 Å². The number of nitrogens with one attached hydrogen (secondary N) is 2. The number of sulfonamides is 1. The second-order valence-corrected chi connectivity index (χ2v) is 9.56. The molecule has 0 saturated heterocycles. The van der Waals surface area contributed by atoms with E-state index >= 15 is 0 Å². The summed E-state index contributed by atoms with van der Waals surface area (Å²) in [5.41, 5.74) is -0.303. The second kappa shape index (κ2) is 6.48. The largest absolute Gasteiger partial charge is 0.443 e. The number of hydrogen-bond acceptors (Lipinski definition) is 6. The van der Waals surface area contributed by atoms with Crippen LogP contribution in [0.15, 0.2) is 23.4 Å². The first kappa shape index (κ1) is 18.0. The molecule has 1 aromatic heterocycles. The lowest BCUT2D eigenvalue weighted by Gasteiger charge is -2.25. The Balaban J connectivity index is 1.76. The van der Waals surface area contributed by atoms with Crippen molar-refractivity contribution in [1.82, 2.24) is 9.71 Å². The molecule has 2 N–H and O–H groups in total. The van der Waals surface area contributed by atoms with Crippen LogP contribution >= 0.6 is 0 Å². The molecule has 2 fully saturated rings. The zero-order valence-corrected chi connectivity index (χ0v) is 15.6. The number of carbonyl (C=O) groups excluding carboxylic acids is 1. The quantitative estimate of drug-likeness (QED) is 0.849. The first-order chi connectivity index (χ1) is 11.6. The van der Waals surface area contributed by atoms with Gasteiger partial charge in [-0.15, -0.1) is 0 Å². The Kier molecular flexibility index (Phi) is 4.66. The van der Waals surface area contributed by atoms with Crippen molar-refractivity contribution in [3.63, 3.8) is 0 Å². The SMILES string of the molecule is CC(C)(C)OC(=O)NS(=O)(=O)c1cnccc1N[C@@H]1C[C@H]2CC[C@@H]1C2.